The number of ether oxygens (including phenoxy) is 1. The summed E-state index contributed by atoms with van der Waals surface area (Å²) < 4.78 is 6.22. The summed E-state index contributed by atoms with van der Waals surface area (Å²) in [5, 5.41) is 11.6. The zero-order chi connectivity index (χ0) is 28.2. The summed E-state index contributed by atoms with van der Waals surface area (Å²) in [5.41, 5.74) is 4.21. The molecule has 4 aliphatic rings. The van der Waals surface area contributed by atoms with Gasteiger partial charge in [0.05, 0.1) is 11.7 Å². The van der Waals surface area contributed by atoms with Crippen molar-refractivity contribution < 1.29 is 14.6 Å². The molecular weight excluding hydrogens is 480 g/mol. The zero-order valence-corrected chi connectivity index (χ0v) is 25.8. The Balaban J connectivity index is 1.36. The van der Waals surface area contributed by atoms with Crippen LogP contribution in [0.15, 0.2) is 41.5 Å². The first-order valence-corrected chi connectivity index (χ1v) is 16.1. The van der Waals surface area contributed by atoms with Crippen LogP contribution < -0.4 is 0 Å². The van der Waals surface area contributed by atoms with Crippen molar-refractivity contribution in [3.8, 4) is 0 Å². The Morgan fingerprint density at radius 3 is 2.41 bits per heavy atom. The summed E-state index contributed by atoms with van der Waals surface area (Å²) in [4.78, 5) is 13.0. The summed E-state index contributed by atoms with van der Waals surface area (Å²) in [6, 6.07) is 9.45. The molecule has 0 heterocycles. The van der Waals surface area contributed by atoms with Gasteiger partial charge in [0, 0.05) is 11.3 Å². The second-order valence-corrected chi connectivity index (χ2v) is 15.3. The number of esters is 1. The summed E-state index contributed by atoms with van der Waals surface area (Å²) in [5.74, 6) is 2.69. The lowest BCUT2D eigenvalue weighted by Crippen LogP contribution is -2.55. The molecule has 0 aliphatic heterocycles. The molecule has 5 rings (SSSR count). The molecule has 1 aromatic rings. The van der Waals surface area contributed by atoms with E-state index in [0.29, 0.717) is 29.2 Å². The van der Waals surface area contributed by atoms with E-state index in [0.717, 1.165) is 38.0 Å². The first-order valence-electron chi connectivity index (χ1n) is 16.1. The van der Waals surface area contributed by atoms with Gasteiger partial charge in [-0.15, -0.1) is 0 Å². The van der Waals surface area contributed by atoms with Crippen molar-refractivity contribution in [2.75, 3.05) is 0 Å². The molecule has 0 aromatic heterocycles. The molecule has 2 saturated carbocycles. The zero-order valence-electron chi connectivity index (χ0n) is 25.8. The van der Waals surface area contributed by atoms with Gasteiger partial charge in [-0.25, -0.2) is 4.79 Å². The van der Waals surface area contributed by atoms with Gasteiger partial charge in [-0.3, -0.25) is 0 Å². The quantitative estimate of drug-likeness (QED) is 0.280. The predicted octanol–water partition coefficient (Wildman–Crippen LogP) is 9.00. The number of carbonyl (C=O) groups is 1. The number of hydrogen-bond donors (Lipinski definition) is 1. The van der Waals surface area contributed by atoms with Crippen molar-refractivity contribution in [2.45, 2.75) is 125 Å². The maximum absolute atomic E-state index is 13.0. The molecule has 0 amide bonds. The largest absolute Gasteiger partial charge is 0.458 e. The third-order valence-electron chi connectivity index (χ3n) is 12.3. The van der Waals surface area contributed by atoms with E-state index in [-0.39, 0.29) is 34.4 Å². The topological polar surface area (TPSA) is 46.5 Å². The van der Waals surface area contributed by atoms with Gasteiger partial charge in [0.15, 0.2) is 0 Å². The fourth-order valence-corrected chi connectivity index (χ4v) is 10.3. The predicted molar refractivity (Wildman–Crippen MR) is 159 cm³/mol. The summed E-state index contributed by atoms with van der Waals surface area (Å²) in [6.45, 7) is 16.9. The van der Waals surface area contributed by atoms with Gasteiger partial charge in [-0.05, 0) is 91.6 Å². The highest BCUT2D eigenvalue weighted by Crippen LogP contribution is 2.68. The third kappa shape index (κ3) is 4.93. The van der Waals surface area contributed by atoms with Crippen LogP contribution in [0, 0.1) is 45.8 Å². The normalized spacial score (nSPS) is 38.1. The average molecular weight is 535 g/mol. The highest BCUT2D eigenvalue weighted by molar-refractivity contribution is 5.89. The van der Waals surface area contributed by atoms with E-state index in [4.69, 9.17) is 4.74 Å². The highest BCUT2D eigenvalue weighted by Gasteiger charge is 2.61. The van der Waals surface area contributed by atoms with E-state index >= 15 is 0 Å². The number of aliphatic hydroxyl groups is 1. The molecule has 216 valence electrons. The first kappa shape index (κ1) is 28.9. The monoisotopic (exact) mass is 534 g/mol. The Morgan fingerprint density at radius 2 is 1.72 bits per heavy atom. The molecular formula is C36H54O3. The first-order chi connectivity index (χ1) is 18.4. The second kappa shape index (κ2) is 10.7. The fourth-order valence-electron chi connectivity index (χ4n) is 10.3. The van der Waals surface area contributed by atoms with Crippen molar-refractivity contribution in [3.05, 3.63) is 47.0 Å². The molecule has 0 spiro atoms. The molecule has 4 aliphatic carbocycles. The highest BCUT2D eigenvalue weighted by atomic mass is 16.5. The van der Waals surface area contributed by atoms with E-state index < -0.39 is 0 Å². The van der Waals surface area contributed by atoms with Crippen LogP contribution in [0.5, 0.6) is 0 Å². The number of rotatable bonds is 7. The van der Waals surface area contributed by atoms with Crippen molar-refractivity contribution in [3.63, 3.8) is 0 Å². The molecule has 0 unspecified atom stereocenters. The van der Waals surface area contributed by atoms with Crippen molar-refractivity contribution in [1.82, 2.24) is 0 Å². The molecule has 0 radical (unpaired) electrons. The second-order valence-electron chi connectivity index (χ2n) is 15.3. The Kier molecular flexibility index (Phi) is 7.90. The number of aliphatic hydroxyl groups excluding tert-OH is 1. The fraction of sp³-hybridized carbons (Fsp3) is 0.750. The number of benzene rings is 1. The number of carbonyl (C=O) groups excluding carboxylic acids is 1. The van der Waals surface area contributed by atoms with Gasteiger partial charge in [0.2, 0.25) is 0 Å². The van der Waals surface area contributed by atoms with E-state index in [2.05, 4.69) is 48.5 Å². The lowest BCUT2D eigenvalue weighted by atomic mass is 9.45. The van der Waals surface area contributed by atoms with Crippen LogP contribution in [-0.4, -0.2) is 23.3 Å². The van der Waals surface area contributed by atoms with Gasteiger partial charge in [-0.2, -0.15) is 0 Å². The number of fused-ring (bicyclic) bond motifs is 4. The lowest BCUT2D eigenvalue weighted by molar-refractivity contribution is -0.102. The molecule has 8 atom stereocenters. The minimum atomic E-state index is -0.200. The molecule has 3 nitrogen and oxygen atoms in total. The van der Waals surface area contributed by atoms with Gasteiger partial charge in [0.25, 0.3) is 0 Å². The van der Waals surface area contributed by atoms with Crippen LogP contribution in [0.1, 0.15) is 123 Å². The van der Waals surface area contributed by atoms with Gasteiger partial charge in [0.1, 0.15) is 6.10 Å². The van der Waals surface area contributed by atoms with Crippen LogP contribution >= 0.6 is 0 Å². The Labute approximate surface area is 238 Å². The van der Waals surface area contributed by atoms with Crippen LogP contribution in [0.2, 0.25) is 0 Å². The summed E-state index contributed by atoms with van der Waals surface area (Å²) >= 11 is 0. The van der Waals surface area contributed by atoms with Crippen molar-refractivity contribution in [2.24, 2.45) is 45.8 Å². The van der Waals surface area contributed by atoms with Crippen molar-refractivity contribution >= 4 is 5.97 Å². The van der Waals surface area contributed by atoms with Crippen LogP contribution in [0.25, 0.3) is 0 Å². The van der Waals surface area contributed by atoms with Crippen LogP contribution in [0.3, 0.4) is 0 Å². The van der Waals surface area contributed by atoms with E-state index in [1.54, 1.807) is 11.1 Å². The van der Waals surface area contributed by atoms with Crippen LogP contribution in [-0.2, 0) is 4.74 Å². The van der Waals surface area contributed by atoms with Crippen LogP contribution in [0.4, 0.5) is 0 Å². The SMILES string of the molecule is CC(C)CCC[C@@H](C)[C@H]1C[C@H](O)[C@@H]2C3=C(CC[C@]12C)[C@@]1(C)CC[C@H](OC(=O)c2ccccc2)C(C)(C)[C@@H]1CC3. The van der Waals surface area contributed by atoms with Gasteiger partial charge < -0.3 is 9.84 Å². The molecule has 1 N–H and O–H groups in total. The lowest BCUT2D eigenvalue weighted by Gasteiger charge is -2.60. The van der Waals surface area contributed by atoms with Gasteiger partial charge in [-0.1, -0.05) is 97.1 Å². The Bertz CT molecular complexity index is 1070. The standard InChI is InChI=1S/C36H54O3/c1-23(2)12-11-13-24(3)28-22-29(37)32-26-16-17-30-34(4,5)31(39-33(38)25-14-9-8-10-15-25)19-21-35(30,6)27(26)18-20-36(28,32)7/h8-10,14-15,23-24,28-32,37H,11-13,16-22H2,1-7H3/t24-,28-,29+,30+,31+,32+,35-,36-/m1/s1. The molecule has 2 fully saturated rings. The molecule has 0 bridgehead atoms. The smallest absolute Gasteiger partial charge is 0.338 e. The van der Waals surface area contributed by atoms with E-state index in [9.17, 15) is 9.90 Å². The molecule has 3 heteroatoms. The maximum atomic E-state index is 13.0. The van der Waals surface area contributed by atoms with Gasteiger partial charge >= 0.3 is 5.97 Å². The molecule has 1 aromatic carbocycles. The van der Waals surface area contributed by atoms with E-state index in [1.165, 1.54) is 32.1 Å². The van der Waals surface area contributed by atoms with E-state index in [1.807, 2.05) is 30.3 Å². The Hall–Kier alpha value is -1.61. The average Bonchev–Trinajstić information content (AvgIpc) is 3.16. The minimum Gasteiger partial charge on any atom is -0.458 e. The Morgan fingerprint density at radius 1 is 1.00 bits per heavy atom. The molecule has 39 heavy (non-hydrogen) atoms. The van der Waals surface area contributed by atoms with Crippen molar-refractivity contribution in [1.29, 1.82) is 0 Å². The third-order valence-corrected chi connectivity index (χ3v) is 12.3. The number of allylic oxidation sites excluding steroid dienone is 1. The minimum absolute atomic E-state index is 0.0626. The summed E-state index contributed by atoms with van der Waals surface area (Å²) in [6.07, 6.45) is 11.2. The molecule has 0 saturated heterocycles. The maximum Gasteiger partial charge on any atom is 0.338 e. The summed E-state index contributed by atoms with van der Waals surface area (Å²) in [7, 11) is 0. The number of hydrogen-bond acceptors (Lipinski definition) is 3.